The molecular weight excluding hydrogens is 336 g/mol. The van der Waals surface area contributed by atoms with E-state index in [1.165, 1.54) is 11.3 Å². The van der Waals surface area contributed by atoms with Crippen molar-refractivity contribution in [3.05, 3.63) is 28.5 Å². The molecule has 0 radical (unpaired) electrons. The molecule has 0 aliphatic rings. The van der Waals surface area contributed by atoms with Gasteiger partial charge in [-0.2, -0.15) is 13.1 Å². The maximum atomic E-state index is 11.3. The minimum absolute atomic E-state index is 0.0477. The van der Waals surface area contributed by atoms with Crippen molar-refractivity contribution in [1.82, 2.24) is 4.72 Å². The van der Waals surface area contributed by atoms with E-state index in [1.54, 1.807) is 0 Å². The Bertz CT molecular complexity index is 649. The minimum atomic E-state index is -4.09. The third-order valence-corrected chi connectivity index (χ3v) is 5.28. The van der Waals surface area contributed by atoms with Crippen LogP contribution >= 0.6 is 11.3 Å². The molecule has 1 rings (SSSR count). The molecule has 0 amide bonds. The number of carboxylic acids is 1. The summed E-state index contributed by atoms with van der Waals surface area (Å²) < 4.78 is 24.3. The van der Waals surface area contributed by atoms with Gasteiger partial charge in [0, 0.05) is 11.3 Å². The van der Waals surface area contributed by atoms with E-state index < -0.39 is 22.2 Å². The Morgan fingerprint density at radius 3 is 2.61 bits per heavy atom. The maximum Gasteiger partial charge on any atom is 0.322 e. The van der Waals surface area contributed by atoms with Crippen molar-refractivity contribution in [3.8, 4) is 0 Å². The number of hydrogen-bond acceptors (Lipinski definition) is 4. The SMILES string of the molecule is CCC(C)(C)CC=C(CC(NS(N)(=O)=O)C(=O)O)c1cccs1. The average Bonchev–Trinajstić information content (AvgIpc) is 2.94. The summed E-state index contributed by atoms with van der Waals surface area (Å²) in [5, 5.41) is 16.1. The first-order valence-electron chi connectivity index (χ1n) is 7.30. The molecule has 0 saturated heterocycles. The minimum Gasteiger partial charge on any atom is -0.480 e. The molecule has 0 spiro atoms. The van der Waals surface area contributed by atoms with Crippen LogP contribution in [0.4, 0.5) is 0 Å². The Morgan fingerprint density at radius 2 is 2.17 bits per heavy atom. The van der Waals surface area contributed by atoms with Crippen LogP contribution in [0.25, 0.3) is 5.57 Å². The van der Waals surface area contributed by atoms with Gasteiger partial charge in [0.25, 0.3) is 10.2 Å². The fourth-order valence-electron chi connectivity index (χ4n) is 1.89. The Morgan fingerprint density at radius 1 is 1.52 bits per heavy atom. The molecule has 0 fully saturated rings. The van der Waals surface area contributed by atoms with Gasteiger partial charge < -0.3 is 5.11 Å². The summed E-state index contributed by atoms with van der Waals surface area (Å²) in [6.45, 7) is 6.36. The van der Waals surface area contributed by atoms with Gasteiger partial charge in [0.15, 0.2) is 0 Å². The van der Waals surface area contributed by atoms with Gasteiger partial charge in [0.2, 0.25) is 0 Å². The van der Waals surface area contributed by atoms with Crippen LogP contribution in [0.15, 0.2) is 23.6 Å². The molecule has 1 unspecified atom stereocenters. The largest absolute Gasteiger partial charge is 0.480 e. The predicted octanol–water partition coefficient (Wildman–Crippen LogP) is 2.59. The number of hydrogen-bond donors (Lipinski definition) is 3. The van der Waals surface area contributed by atoms with Gasteiger partial charge in [0.05, 0.1) is 0 Å². The topological polar surface area (TPSA) is 109 Å². The molecule has 4 N–H and O–H groups in total. The van der Waals surface area contributed by atoms with Crippen LogP contribution in [0.1, 0.15) is 44.9 Å². The molecular formula is C15H24N2O4S2. The third-order valence-electron chi connectivity index (χ3n) is 3.72. The van der Waals surface area contributed by atoms with Gasteiger partial charge in [-0.25, -0.2) is 5.14 Å². The molecule has 1 heterocycles. The van der Waals surface area contributed by atoms with Crippen molar-refractivity contribution in [2.75, 3.05) is 0 Å². The van der Waals surface area contributed by atoms with E-state index in [1.807, 2.05) is 28.3 Å². The van der Waals surface area contributed by atoms with Crippen LogP contribution in [0.3, 0.4) is 0 Å². The molecule has 1 aromatic rings. The second-order valence-electron chi connectivity index (χ2n) is 6.19. The zero-order valence-corrected chi connectivity index (χ0v) is 15.2. The number of nitrogens with one attached hydrogen (secondary N) is 1. The quantitative estimate of drug-likeness (QED) is 0.628. The van der Waals surface area contributed by atoms with Crippen molar-refractivity contribution in [3.63, 3.8) is 0 Å². The third kappa shape index (κ3) is 7.26. The van der Waals surface area contributed by atoms with Gasteiger partial charge >= 0.3 is 5.97 Å². The van der Waals surface area contributed by atoms with Gasteiger partial charge in [-0.3, -0.25) is 4.79 Å². The first-order chi connectivity index (χ1) is 10.5. The van der Waals surface area contributed by atoms with Gasteiger partial charge in [0.1, 0.15) is 6.04 Å². The lowest BCUT2D eigenvalue weighted by Gasteiger charge is -2.21. The summed E-state index contributed by atoms with van der Waals surface area (Å²) in [4.78, 5) is 12.3. The number of aliphatic carboxylic acids is 1. The number of carbonyl (C=O) groups is 1. The van der Waals surface area contributed by atoms with Crippen molar-refractivity contribution < 1.29 is 18.3 Å². The summed E-state index contributed by atoms with van der Waals surface area (Å²) >= 11 is 1.49. The van der Waals surface area contributed by atoms with Crippen molar-refractivity contribution >= 4 is 33.1 Å². The number of rotatable bonds is 9. The monoisotopic (exact) mass is 360 g/mol. The maximum absolute atomic E-state index is 11.3. The van der Waals surface area contributed by atoms with E-state index in [0.717, 1.165) is 23.3 Å². The van der Waals surface area contributed by atoms with Crippen LogP contribution in [0.5, 0.6) is 0 Å². The molecule has 130 valence electrons. The first-order valence-corrected chi connectivity index (χ1v) is 9.72. The summed E-state index contributed by atoms with van der Waals surface area (Å²) in [6.07, 6.45) is 3.81. The van der Waals surface area contributed by atoms with E-state index in [2.05, 4.69) is 20.8 Å². The van der Waals surface area contributed by atoms with Crippen molar-refractivity contribution in [2.45, 2.75) is 46.1 Å². The lowest BCUT2D eigenvalue weighted by Crippen LogP contribution is -2.44. The zero-order chi connectivity index (χ0) is 17.7. The smallest absolute Gasteiger partial charge is 0.322 e. The highest BCUT2D eigenvalue weighted by molar-refractivity contribution is 7.87. The second-order valence-corrected chi connectivity index (χ2v) is 8.46. The van der Waals surface area contributed by atoms with Crippen molar-refractivity contribution in [2.24, 2.45) is 10.6 Å². The second kappa shape index (κ2) is 8.05. The van der Waals surface area contributed by atoms with Gasteiger partial charge in [-0.05, 0) is 28.9 Å². The molecule has 0 aliphatic heterocycles. The lowest BCUT2D eigenvalue weighted by molar-refractivity contribution is -0.138. The summed E-state index contributed by atoms with van der Waals surface area (Å²) in [5.41, 5.74) is 0.902. The van der Waals surface area contributed by atoms with Gasteiger partial charge in [-0.1, -0.05) is 39.3 Å². The average molecular weight is 361 g/mol. The van der Waals surface area contributed by atoms with Crippen molar-refractivity contribution in [1.29, 1.82) is 0 Å². The Balaban J connectivity index is 3.05. The van der Waals surface area contributed by atoms with E-state index in [-0.39, 0.29) is 11.8 Å². The molecule has 0 saturated carbocycles. The molecule has 6 nitrogen and oxygen atoms in total. The van der Waals surface area contributed by atoms with E-state index in [4.69, 9.17) is 5.14 Å². The Labute approximate surface area is 141 Å². The van der Waals surface area contributed by atoms with Crippen LogP contribution in [-0.2, 0) is 15.0 Å². The highest BCUT2D eigenvalue weighted by atomic mass is 32.2. The van der Waals surface area contributed by atoms with Crippen LogP contribution in [0, 0.1) is 5.41 Å². The Kier molecular flexibility index (Phi) is 6.94. The molecule has 0 bridgehead atoms. The van der Waals surface area contributed by atoms with Crippen LogP contribution in [-0.4, -0.2) is 25.5 Å². The standard InChI is InChI=1S/C15H24N2O4S2/c1-4-15(2,3)8-7-11(13-6-5-9-22-13)10-12(14(18)19)17-23(16,20)21/h5-7,9,12,17H,4,8,10H2,1-3H3,(H,18,19)(H2,16,20,21). The highest BCUT2D eigenvalue weighted by Crippen LogP contribution is 2.30. The number of nitrogens with two attached hydrogens (primary N) is 1. The zero-order valence-electron chi connectivity index (χ0n) is 13.6. The van der Waals surface area contributed by atoms with Crippen LogP contribution in [0.2, 0.25) is 0 Å². The first kappa shape index (κ1) is 19.8. The number of thiophene rings is 1. The van der Waals surface area contributed by atoms with Crippen LogP contribution < -0.4 is 9.86 Å². The molecule has 23 heavy (non-hydrogen) atoms. The van der Waals surface area contributed by atoms with E-state index in [0.29, 0.717) is 0 Å². The summed E-state index contributed by atoms with van der Waals surface area (Å²) in [6, 6.07) is 2.48. The van der Waals surface area contributed by atoms with E-state index in [9.17, 15) is 18.3 Å². The number of carboxylic acid groups (broad SMARTS) is 1. The van der Waals surface area contributed by atoms with Gasteiger partial charge in [-0.15, -0.1) is 11.3 Å². The van der Waals surface area contributed by atoms with E-state index >= 15 is 0 Å². The summed E-state index contributed by atoms with van der Waals surface area (Å²) in [5.74, 6) is -1.25. The molecule has 1 atom stereocenters. The summed E-state index contributed by atoms with van der Waals surface area (Å²) in [7, 11) is -4.09. The molecule has 1 aromatic heterocycles. The lowest BCUT2D eigenvalue weighted by atomic mass is 9.85. The normalized spacial score (nSPS) is 14.7. The molecule has 8 heteroatoms. The molecule has 0 aromatic carbocycles. The number of allylic oxidation sites excluding steroid dienone is 1. The fraction of sp³-hybridized carbons (Fsp3) is 0.533. The molecule has 0 aliphatic carbocycles. The highest BCUT2D eigenvalue weighted by Gasteiger charge is 2.24. The fourth-order valence-corrected chi connectivity index (χ4v) is 3.25. The predicted molar refractivity (Wildman–Crippen MR) is 93.3 cm³/mol. The Hall–Kier alpha value is -1.22.